The second kappa shape index (κ2) is 11.6. The molecule has 0 fully saturated rings. The van der Waals surface area contributed by atoms with Gasteiger partial charge in [0, 0.05) is 49.9 Å². The minimum Gasteiger partial charge on any atom is -0.494 e. The number of methoxy groups -OCH3 is 1. The fraction of sp³-hybridized carbons (Fsp3) is 0.296. The Hall–Kier alpha value is -4.29. The van der Waals surface area contributed by atoms with Gasteiger partial charge in [-0.15, -0.1) is 0 Å². The number of aromatic nitrogens is 4. The van der Waals surface area contributed by atoms with E-state index in [-0.39, 0.29) is 5.95 Å². The van der Waals surface area contributed by atoms with E-state index in [1.54, 1.807) is 26.2 Å². The molecule has 0 radical (unpaired) electrons. The Balaban J connectivity index is 1.72. The van der Waals surface area contributed by atoms with Gasteiger partial charge in [0.15, 0.2) is 17.5 Å². The first-order valence-corrected chi connectivity index (χ1v) is 12.2. The number of aliphatic hydroxyl groups is 1. The summed E-state index contributed by atoms with van der Waals surface area (Å²) in [5, 5.41) is 21.3. The molecular weight excluding hydrogens is 506 g/mol. The average Bonchev–Trinajstić information content (AvgIpc) is 3.22. The summed E-state index contributed by atoms with van der Waals surface area (Å²) in [7, 11) is 7.50. The van der Waals surface area contributed by atoms with E-state index in [9.17, 15) is 13.9 Å². The SMILES string of the molecule is C=CC(O)Nc1cc(Nc2nccc(-n3nc(C)c4cc(F)c(F)cc43)n2)c(OC)cc1N(C)CCN(C)C. The van der Waals surface area contributed by atoms with Crippen LogP contribution in [0.3, 0.4) is 0 Å². The second-order valence-corrected chi connectivity index (χ2v) is 9.26. The van der Waals surface area contributed by atoms with E-state index < -0.39 is 17.9 Å². The van der Waals surface area contributed by atoms with Crippen LogP contribution in [-0.4, -0.2) is 77.3 Å². The lowest BCUT2D eigenvalue weighted by Gasteiger charge is -2.27. The Morgan fingerprint density at radius 3 is 2.56 bits per heavy atom. The summed E-state index contributed by atoms with van der Waals surface area (Å²) in [6, 6.07) is 7.47. The van der Waals surface area contributed by atoms with Crippen LogP contribution in [0, 0.1) is 18.6 Å². The lowest BCUT2D eigenvalue weighted by Crippen LogP contribution is -2.29. The molecule has 2 aromatic carbocycles. The van der Waals surface area contributed by atoms with E-state index in [1.807, 2.05) is 27.2 Å². The number of fused-ring (bicyclic) bond motifs is 1. The third-order valence-corrected chi connectivity index (χ3v) is 6.15. The number of anilines is 4. The molecule has 39 heavy (non-hydrogen) atoms. The van der Waals surface area contributed by atoms with E-state index in [0.717, 1.165) is 30.9 Å². The molecule has 2 heterocycles. The second-order valence-electron chi connectivity index (χ2n) is 9.26. The van der Waals surface area contributed by atoms with E-state index in [0.29, 0.717) is 39.5 Å². The largest absolute Gasteiger partial charge is 0.494 e. The summed E-state index contributed by atoms with van der Waals surface area (Å²) < 4.78 is 34.9. The van der Waals surface area contributed by atoms with Gasteiger partial charge in [-0.1, -0.05) is 6.58 Å². The summed E-state index contributed by atoms with van der Waals surface area (Å²) in [6.07, 6.45) is 1.94. The molecule has 4 rings (SSSR count). The molecule has 0 amide bonds. The molecule has 0 aliphatic rings. The maximum absolute atomic E-state index is 14.0. The van der Waals surface area contributed by atoms with Crippen molar-refractivity contribution in [1.29, 1.82) is 0 Å². The van der Waals surface area contributed by atoms with Crippen molar-refractivity contribution in [1.82, 2.24) is 24.6 Å². The van der Waals surface area contributed by atoms with Gasteiger partial charge in [-0.25, -0.2) is 18.4 Å². The van der Waals surface area contributed by atoms with Crippen LogP contribution in [0.1, 0.15) is 5.69 Å². The van der Waals surface area contributed by atoms with E-state index in [2.05, 4.69) is 42.1 Å². The third-order valence-electron chi connectivity index (χ3n) is 6.15. The zero-order chi connectivity index (χ0) is 28.3. The van der Waals surface area contributed by atoms with Crippen molar-refractivity contribution in [2.24, 2.45) is 0 Å². The molecule has 1 unspecified atom stereocenters. The van der Waals surface area contributed by atoms with Crippen molar-refractivity contribution in [3.05, 3.63) is 66.5 Å². The number of nitrogens with zero attached hydrogens (tertiary/aromatic N) is 6. The number of rotatable bonds is 11. The molecule has 0 saturated heterocycles. The molecule has 0 saturated carbocycles. The van der Waals surface area contributed by atoms with Crippen molar-refractivity contribution in [3.63, 3.8) is 0 Å². The van der Waals surface area contributed by atoms with Crippen molar-refractivity contribution in [2.75, 3.05) is 56.9 Å². The molecule has 1 atom stereocenters. The van der Waals surface area contributed by atoms with E-state index in [1.165, 1.54) is 17.0 Å². The molecule has 0 spiro atoms. The zero-order valence-corrected chi connectivity index (χ0v) is 22.5. The summed E-state index contributed by atoms with van der Waals surface area (Å²) in [5.41, 5.74) is 2.89. The number of nitrogens with one attached hydrogen (secondary N) is 2. The number of benzene rings is 2. The number of aliphatic hydroxyl groups excluding tert-OH is 1. The molecule has 0 aliphatic carbocycles. The van der Waals surface area contributed by atoms with Gasteiger partial charge < -0.3 is 30.3 Å². The highest BCUT2D eigenvalue weighted by Gasteiger charge is 2.18. The van der Waals surface area contributed by atoms with Crippen LogP contribution >= 0.6 is 0 Å². The molecule has 2 aromatic heterocycles. The van der Waals surface area contributed by atoms with Gasteiger partial charge in [0.25, 0.3) is 0 Å². The molecule has 0 aliphatic heterocycles. The Morgan fingerprint density at radius 2 is 1.87 bits per heavy atom. The quantitative estimate of drug-likeness (QED) is 0.193. The first-order chi connectivity index (χ1) is 18.6. The van der Waals surface area contributed by atoms with Gasteiger partial charge in [-0.3, -0.25) is 0 Å². The minimum absolute atomic E-state index is 0.221. The third kappa shape index (κ3) is 6.07. The molecule has 3 N–H and O–H groups in total. The monoisotopic (exact) mass is 538 g/mol. The smallest absolute Gasteiger partial charge is 0.229 e. The van der Waals surface area contributed by atoms with Crippen LogP contribution in [0.2, 0.25) is 0 Å². The highest BCUT2D eigenvalue weighted by molar-refractivity contribution is 5.84. The summed E-state index contributed by atoms with van der Waals surface area (Å²) in [6.45, 7) is 6.91. The van der Waals surface area contributed by atoms with Crippen LogP contribution in [0.5, 0.6) is 5.75 Å². The minimum atomic E-state index is -0.978. The van der Waals surface area contributed by atoms with Gasteiger partial charge in [0.2, 0.25) is 5.95 Å². The number of halogens is 2. The highest BCUT2D eigenvalue weighted by atomic mass is 19.2. The fourth-order valence-corrected chi connectivity index (χ4v) is 4.04. The molecule has 10 nitrogen and oxygen atoms in total. The molecule has 4 aromatic rings. The van der Waals surface area contributed by atoms with Crippen molar-refractivity contribution in [3.8, 4) is 11.6 Å². The maximum atomic E-state index is 14.0. The van der Waals surface area contributed by atoms with Gasteiger partial charge in [-0.2, -0.15) is 10.1 Å². The van der Waals surface area contributed by atoms with E-state index >= 15 is 0 Å². The van der Waals surface area contributed by atoms with Gasteiger partial charge >= 0.3 is 0 Å². The Morgan fingerprint density at radius 1 is 1.13 bits per heavy atom. The highest BCUT2D eigenvalue weighted by Crippen LogP contribution is 2.38. The Kier molecular flexibility index (Phi) is 8.27. The molecule has 206 valence electrons. The Bertz CT molecular complexity index is 1490. The van der Waals surface area contributed by atoms with Crippen molar-refractivity contribution >= 4 is 33.9 Å². The predicted octanol–water partition coefficient (Wildman–Crippen LogP) is 4.07. The average molecular weight is 539 g/mol. The number of hydrogen-bond donors (Lipinski definition) is 3. The number of likely N-dealkylation sites (N-methyl/N-ethyl adjacent to an activating group) is 2. The maximum Gasteiger partial charge on any atom is 0.229 e. The lowest BCUT2D eigenvalue weighted by molar-refractivity contribution is 0.253. The van der Waals surface area contributed by atoms with Crippen LogP contribution in [-0.2, 0) is 0 Å². The zero-order valence-electron chi connectivity index (χ0n) is 22.5. The molecule has 12 heteroatoms. The fourth-order valence-electron chi connectivity index (χ4n) is 4.04. The van der Waals surface area contributed by atoms with Crippen molar-refractivity contribution < 1.29 is 18.6 Å². The summed E-state index contributed by atoms with van der Waals surface area (Å²) in [4.78, 5) is 13.0. The number of aryl methyl sites for hydroxylation is 1. The first kappa shape index (κ1) is 27.7. The summed E-state index contributed by atoms with van der Waals surface area (Å²) in [5.74, 6) is -0.816. The van der Waals surface area contributed by atoms with Crippen LogP contribution in [0.25, 0.3) is 16.7 Å². The topological polar surface area (TPSA) is 104 Å². The first-order valence-electron chi connectivity index (χ1n) is 12.2. The van der Waals surface area contributed by atoms with Crippen LogP contribution in [0.4, 0.5) is 31.8 Å². The van der Waals surface area contributed by atoms with Crippen LogP contribution < -0.4 is 20.3 Å². The Labute approximate surface area is 225 Å². The van der Waals surface area contributed by atoms with E-state index in [4.69, 9.17) is 4.74 Å². The van der Waals surface area contributed by atoms with Gasteiger partial charge in [-0.05, 0) is 39.2 Å². The standard InChI is InChI=1S/C27H32F2N8O2/c1-7-26(38)31-20-14-21(24(39-6)15-23(20)36(5)11-10-35(3)4)32-27-30-9-8-25(33-27)37-22-13-19(29)18(28)12-17(22)16(2)34-37/h7-9,12-15,26,31,38H,1,10-11H2,2-6H3,(H,30,32,33). The molecule has 0 bridgehead atoms. The van der Waals surface area contributed by atoms with Crippen molar-refractivity contribution in [2.45, 2.75) is 13.2 Å². The van der Waals surface area contributed by atoms with Gasteiger partial charge in [0.1, 0.15) is 12.0 Å². The predicted molar refractivity (Wildman–Crippen MR) is 149 cm³/mol. The van der Waals surface area contributed by atoms with Crippen LogP contribution in [0.15, 0.2) is 49.2 Å². The molecular formula is C27H32F2N8O2. The number of ether oxygens (including phenoxy) is 1. The normalized spacial score (nSPS) is 12.0. The lowest BCUT2D eigenvalue weighted by atomic mass is 10.2. The summed E-state index contributed by atoms with van der Waals surface area (Å²) >= 11 is 0. The number of hydrogen-bond acceptors (Lipinski definition) is 9. The van der Waals surface area contributed by atoms with Gasteiger partial charge in [0.05, 0.1) is 35.4 Å².